The maximum Gasteiger partial charge on any atom is 0.261 e. The molecule has 0 spiro atoms. The quantitative estimate of drug-likeness (QED) is 0.743. The van der Waals surface area contributed by atoms with Gasteiger partial charge in [0, 0.05) is 23.8 Å². The highest BCUT2D eigenvalue weighted by atomic mass is 16.2. The molecular weight excluding hydrogens is 324 g/mol. The van der Waals surface area contributed by atoms with E-state index in [0.29, 0.717) is 11.9 Å². The molecule has 4 nitrogen and oxygen atoms in total. The number of fused-ring (bicyclic) bond motifs is 1. The first-order valence-corrected chi connectivity index (χ1v) is 9.14. The molecule has 1 amide bonds. The van der Waals surface area contributed by atoms with Gasteiger partial charge in [-0.3, -0.25) is 9.59 Å². The van der Waals surface area contributed by atoms with Crippen LogP contribution in [0.25, 0.3) is 10.9 Å². The number of aromatic nitrogens is 1. The van der Waals surface area contributed by atoms with E-state index in [1.807, 2.05) is 47.9 Å². The second-order valence-electron chi connectivity index (χ2n) is 6.29. The zero-order chi connectivity index (χ0) is 18.7. The van der Waals surface area contributed by atoms with Gasteiger partial charge in [-0.2, -0.15) is 0 Å². The predicted octanol–water partition coefficient (Wildman–Crippen LogP) is 4.40. The molecule has 1 N–H and O–H groups in total. The van der Waals surface area contributed by atoms with E-state index in [0.717, 1.165) is 35.2 Å². The Morgan fingerprint density at radius 1 is 0.962 bits per heavy atom. The molecule has 0 saturated heterocycles. The lowest BCUT2D eigenvalue weighted by Gasteiger charge is -2.15. The van der Waals surface area contributed by atoms with E-state index in [4.69, 9.17) is 0 Å². The van der Waals surface area contributed by atoms with E-state index in [1.165, 1.54) is 0 Å². The minimum atomic E-state index is -0.349. The smallest absolute Gasteiger partial charge is 0.261 e. The van der Waals surface area contributed by atoms with E-state index in [-0.39, 0.29) is 16.9 Å². The van der Waals surface area contributed by atoms with E-state index in [1.54, 1.807) is 12.3 Å². The number of carbonyl (C=O) groups is 1. The Morgan fingerprint density at radius 3 is 2.23 bits per heavy atom. The molecule has 0 aliphatic carbocycles. The van der Waals surface area contributed by atoms with Crippen molar-refractivity contribution in [1.29, 1.82) is 0 Å². The van der Waals surface area contributed by atoms with Gasteiger partial charge in [0.25, 0.3) is 5.91 Å². The Hall–Kier alpha value is -2.88. The third-order valence-electron chi connectivity index (χ3n) is 4.81. The third kappa shape index (κ3) is 3.15. The molecule has 0 aliphatic heterocycles. The Labute approximate surface area is 153 Å². The molecule has 1 aromatic heterocycles. The van der Waals surface area contributed by atoms with Crippen molar-refractivity contribution in [2.75, 3.05) is 5.32 Å². The fraction of sp³-hybridized carbons (Fsp3) is 0.273. The van der Waals surface area contributed by atoms with Gasteiger partial charge in [0.2, 0.25) is 5.43 Å². The Morgan fingerprint density at radius 2 is 1.62 bits per heavy atom. The van der Waals surface area contributed by atoms with E-state index in [9.17, 15) is 9.59 Å². The third-order valence-corrected chi connectivity index (χ3v) is 4.81. The van der Waals surface area contributed by atoms with Gasteiger partial charge in [-0.25, -0.2) is 0 Å². The SMILES string of the molecule is CCc1cccc(CC)c1NC(=O)c1cn(CC)c2ccccc2c1=O. The van der Waals surface area contributed by atoms with E-state index in [2.05, 4.69) is 19.2 Å². The summed E-state index contributed by atoms with van der Waals surface area (Å²) in [6.07, 6.45) is 3.31. The molecule has 134 valence electrons. The van der Waals surface area contributed by atoms with Gasteiger partial charge in [-0.05, 0) is 43.0 Å². The van der Waals surface area contributed by atoms with Gasteiger partial charge >= 0.3 is 0 Å². The van der Waals surface area contributed by atoms with Crippen LogP contribution in [-0.4, -0.2) is 10.5 Å². The molecule has 0 atom stereocenters. The Balaban J connectivity index is 2.10. The number of hydrogen-bond acceptors (Lipinski definition) is 2. The lowest BCUT2D eigenvalue weighted by molar-refractivity contribution is 0.102. The first-order valence-electron chi connectivity index (χ1n) is 9.14. The fourth-order valence-electron chi connectivity index (χ4n) is 3.35. The molecule has 1 heterocycles. The number of anilines is 1. The number of para-hydroxylation sites is 2. The van der Waals surface area contributed by atoms with Crippen molar-refractivity contribution in [2.45, 2.75) is 40.2 Å². The topological polar surface area (TPSA) is 51.1 Å². The van der Waals surface area contributed by atoms with Crippen molar-refractivity contribution < 1.29 is 4.79 Å². The number of amides is 1. The molecule has 0 aliphatic rings. The Bertz CT molecular complexity index is 996. The van der Waals surface area contributed by atoms with Crippen molar-refractivity contribution in [1.82, 2.24) is 4.57 Å². The van der Waals surface area contributed by atoms with Gasteiger partial charge in [-0.1, -0.05) is 44.2 Å². The minimum Gasteiger partial charge on any atom is -0.347 e. The number of benzene rings is 2. The predicted molar refractivity (Wildman–Crippen MR) is 107 cm³/mol. The van der Waals surface area contributed by atoms with Crippen molar-refractivity contribution in [3.8, 4) is 0 Å². The van der Waals surface area contributed by atoms with Crippen molar-refractivity contribution in [3.05, 3.63) is 75.6 Å². The number of pyridine rings is 1. The van der Waals surface area contributed by atoms with Crippen LogP contribution in [0.2, 0.25) is 0 Å². The second-order valence-corrected chi connectivity index (χ2v) is 6.29. The van der Waals surface area contributed by atoms with Gasteiger partial charge in [-0.15, -0.1) is 0 Å². The van der Waals surface area contributed by atoms with Crippen LogP contribution >= 0.6 is 0 Å². The zero-order valence-corrected chi connectivity index (χ0v) is 15.5. The molecule has 0 bridgehead atoms. The summed E-state index contributed by atoms with van der Waals surface area (Å²) in [6, 6.07) is 13.4. The summed E-state index contributed by atoms with van der Waals surface area (Å²) in [5.41, 5.74) is 3.79. The number of aryl methyl sites for hydroxylation is 3. The van der Waals surface area contributed by atoms with Crippen molar-refractivity contribution in [3.63, 3.8) is 0 Å². The molecule has 0 fully saturated rings. The van der Waals surface area contributed by atoms with Gasteiger partial charge in [0.1, 0.15) is 5.56 Å². The van der Waals surface area contributed by atoms with Crippen molar-refractivity contribution >= 4 is 22.5 Å². The first kappa shape index (κ1) is 17.9. The van der Waals surface area contributed by atoms with E-state index >= 15 is 0 Å². The van der Waals surface area contributed by atoms with Crippen LogP contribution in [0.5, 0.6) is 0 Å². The molecule has 3 aromatic rings. The number of carbonyl (C=O) groups excluding carboxylic acids is 1. The molecule has 3 rings (SSSR count). The molecule has 0 saturated carbocycles. The molecule has 26 heavy (non-hydrogen) atoms. The molecular formula is C22H24N2O2. The maximum atomic E-state index is 13.0. The van der Waals surface area contributed by atoms with Crippen molar-refractivity contribution in [2.24, 2.45) is 0 Å². The normalized spacial score (nSPS) is 10.9. The Kier molecular flexibility index (Phi) is 5.21. The monoisotopic (exact) mass is 348 g/mol. The largest absolute Gasteiger partial charge is 0.347 e. The van der Waals surface area contributed by atoms with E-state index < -0.39 is 0 Å². The molecule has 0 radical (unpaired) electrons. The summed E-state index contributed by atoms with van der Waals surface area (Å²) in [5.74, 6) is -0.349. The van der Waals surface area contributed by atoms with Crippen LogP contribution < -0.4 is 10.7 Å². The lowest BCUT2D eigenvalue weighted by atomic mass is 10.0. The summed E-state index contributed by atoms with van der Waals surface area (Å²) < 4.78 is 1.94. The summed E-state index contributed by atoms with van der Waals surface area (Å²) in [6.45, 7) is 6.81. The average molecular weight is 348 g/mol. The van der Waals surface area contributed by atoms with Gasteiger partial charge in [0.05, 0.1) is 5.52 Å². The molecule has 2 aromatic carbocycles. The highest BCUT2D eigenvalue weighted by molar-refractivity contribution is 6.06. The summed E-state index contributed by atoms with van der Waals surface area (Å²) in [4.78, 5) is 25.8. The number of hydrogen-bond donors (Lipinski definition) is 1. The average Bonchev–Trinajstić information content (AvgIpc) is 2.68. The van der Waals surface area contributed by atoms with Gasteiger partial charge < -0.3 is 9.88 Å². The second kappa shape index (κ2) is 7.56. The molecule has 0 unspecified atom stereocenters. The highest BCUT2D eigenvalue weighted by Crippen LogP contribution is 2.23. The standard InChI is InChI=1S/C22H24N2O2/c1-4-15-10-9-11-16(5-2)20(15)23-22(26)18-14-24(6-3)19-13-8-7-12-17(19)21(18)25/h7-14H,4-6H2,1-3H3,(H,23,26). The zero-order valence-electron chi connectivity index (χ0n) is 15.5. The summed E-state index contributed by atoms with van der Waals surface area (Å²) in [5, 5.41) is 3.57. The van der Waals surface area contributed by atoms with Crippen LogP contribution in [0.3, 0.4) is 0 Å². The first-order chi connectivity index (χ1) is 12.6. The van der Waals surface area contributed by atoms with Crippen LogP contribution in [0.1, 0.15) is 42.3 Å². The van der Waals surface area contributed by atoms with Crippen LogP contribution in [0.4, 0.5) is 5.69 Å². The lowest BCUT2D eigenvalue weighted by Crippen LogP contribution is -2.24. The van der Waals surface area contributed by atoms with Crippen LogP contribution in [0, 0.1) is 0 Å². The number of nitrogens with one attached hydrogen (secondary N) is 1. The number of nitrogens with zero attached hydrogens (tertiary/aromatic N) is 1. The summed E-state index contributed by atoms with van der Waals surface area (Å²) >= 11 is 0. The van der Waals surface area contributed by atoms with Crippen LogP contribution in [-0.2, 0) is 19.4 Å². The number of rotatable bonds is 5. The highest BCUT2D eigenvalue weighted by Gasteiger charge is 2.17. The van der Waals surface area contributed by atoms with Crippen LogP contribution in [0.15, 0.2) is 53.5 Å². The molecule has 4 heteroatoms. The fourth-order valence-corrected chi connectivity index (χ4v) is 3.35. The van der Waals surface area contributed by atoms with Gasteiger partial charge in [0.15, 0.2) is 0 Å². The maximum absolute atomic E-state index is 13.0. The summed E-state index contributed by atoms with van der Waals surface area (Å²) in [7, 11) is 0. The minimum absolute atomic E-state index is 0.179.